The lowest BCUT2D eigenvalue weighted by molar-refractivity contribution is 0.501. The molecular weight excluding hydrogens is 240 g/mol. The zero-order valence-electron chi connectivity index (χ0n) is 8.84. The quantitative estimate of drug-likeness (QED) is 0.872. The van der Waals surface area contributed by atoms with Crippen molar-refractivity contribution < 1.29 is 0 Å². The fourth-order valence-corrected chi connectivity index (χ4v) is 2.03. The molecule has 0 aliphatic rings. The maximum Gasteiger partial charge on any atom is 0.0471 e. The average molecular weight is 257 g/mol. The Kier molecular flexibility index (Phi) is 4.11. The van der Waals surface area contributed by atoms with E-state index in [2.05, 4.69) is 40.3 Å². The highest BCUT2D eigenvalue weighted by Crippen LogP contribution is 2.23. The SMILES string of the molecule is CNC(c1cc(Br)ccc1C)C(C)N. The van der Waals surface area contributed by atoms with Crippen LogP contribution in [0.25, 0.3) is 0 Å². The molecule has 0 spiro atoms. The van der Waals surface area contributed by atoms with Gasteiger partial charge in [-0.2, -0.15) is 0 Å². The summed E-state index contributed by atoms with van der Waals surface area (Å²) in [6, 6.07) is 6.60. The Morgan fingerprint density at radius 1 is 1.43 bits per heavy atom. The number of aryl methyl sites for hydroxylation is 1. The van der Waals surface area contributed by atoms with Crippen molar-refractivity contribution in [3.63, 3.8) is 0 Å². The highest BCUT2D eigenvalue weighted by molar-refractivity contribution is 9.10. The van der Waals surface area contributed by atoms with Crippen LogP contribution in [0.15, 0.2) is 22.7 Å². The molecule has 14 heavy (non-hydrogen) atoms. The second-order valence-electron chi connectivity index (χ2n) is 3.63. The minimum Gasteiger partial charge on any atom is -0.326 e. The minimum absolute atomic E-state index is 0.105. The molecule has 0 fully saturated rings. The van der Waals surface area contributed by atoms with Gasteiger partial charge < -0.3 is 11.1 Å². The van der Waals surface area contributed by atoms with Crippen LogP contribution in [0.2, 0.25) is 0 Å². The Balaban J connectivity index is 3.08. The van der Waals surface area contributed by atoms with Crippen LogP contribution in [0.3, 0.4) is 0 Å². The van der Waals surface area contributed by atoms with Gasteiger partial charge >= 0.3 is 0 Å². The third-order valence-electron chi connectivity index (χ3n) is 2.41. The topological polar surface area (TPSA) is 38.0 Å². The van der Waals surface area contributed by atoms with E-state index < -0.39 is 0 Å². The fourth-order valence-electron chi connectivity index (χ4n) is 1.65. The summed E-state index contributed by atoms with van der Waals surface area (Å²) in [5.41, 5.74) is 8.45. The standard InChI is InChI=1S/C11H17BrN2/c1-7-4-5-9(12)6-10(7)11(14-3)8(2)13/h4-6,8,11,14H,13H2,1-3H3. The van der Waals surface area contributed by atoms with E-state index in [-0.39, 0.29) is 12.1 Å². The van der Waals surface area contributed by atoms with Gasteiger partial charge in [0.15, 0.2) is 0 Å². The maximum absolute atomic E-state index is 5.92. The first-order valence-corrected chi connectivity index (χ1v) is 5.54. The van der Waals surface area contributed by atoms with Crippen molar-refractivity contribution in [3.8, 4) is 0 Å². The van der Waals surface area contributed by atoms with Crippen LogP contribution in [0.1, 0.15) is 24.1 Å². The molecule has 0 aliphatic carbocycles. The van der Waals surface area contributed by atoms with E-state index in [1.54, 1.807) is 0 Å². The monoisotopic (exact) mass is 256 g/mol. The van der Waals surface area contributed by atoms with Crippen molar-refractivity contribution in [3.05, 3.63) is 33.8 Å². The lowest BCUT2D eigenvalue weighted by Gasteiger charge is -2.22. The highest BCUT2D eigenvalue weighted by Gasteiger charge is 2.15. The van der Waals surface area contributed by atoms with Gasteiger partial charge in [0, 0.05) is 16.6 Å². The number of nitrogens with two attached hydrogens (primary N) is 1. The van der Waals surface area contributed by atoms with Crippen molar-refractivity contribution in [2.75, 3.05) is 7.05 Å². The van der Waals surface area contributed by atoms with Crippen LogP contribution < -0.4 is 11.1 Å². The Morgan fingerprint density at radius 3 is 2.57 bits per heavy atom. The average Bonchev–Trinajstić information content (AvgIpc) is 2.11. The van der Waals surface area contributed by atoms with Crippen LogP contribution in [-0.2, 0) is 0 Å². The van der Waals surface area contributed by atoms with Crippen LogP contribution in [-0.4, -0.2) is 13.1 Å². The largest absolute Gasteiger partial charge is 0.326 e. The summed E-state index contributed by atoms with van der Waals surface area (Å²) in [7, 11) is 1.94. The molecule has 1 rings (SSSR count). The fraction of sp³-hybridized carbons (Fsp3) is 0.455. The zero-order valence-corrected chi connectivity index (χ0v) is 10.4. The van der Waals surface area contributed by atoms with Crippen LogP contribution in [0.4, 0.5) is 0 Å². The summed E-state index contributed by atoms with van der Waals surface area (Å²) in [4.78, 5) is 0. The summed E-state index contributed by atoms with van der Waals surface area (Å²) in [6.45, 7) is 4.12. The minimum atomic E-state index is 0.105. The molecule has 1 aromatic rings. The van der Waals surface area contributed by atoms with Crippen LogP contribution >= 0.6 is 15.9 Å². The van der Waals surface area contributed by atoms with E-state index in [4.69, 9.17) is 5.73 Å². The van der Waals surface area contributed by atoms with E-state index in [1.807, 2.05) is 20.0 Å². The van der Waals surface area contributed by atoms with Crippen molar-refractivity contribution in [1.82, 2.24) is 5.32 Å². The first-order valence-electron chi connectivity index (χ1n) is 4.75. The summed E-state index contributed by atoms with van der Waals surface area (Å²) < 4.78 is 1.10. The third-order valence-corrected chi connectivity index (χ3v) is 2.91. The molecule has 0 aliphatic heterocycles. The molecule has 2 nitrogen and oxygen atoms in total. The van der Waals surface area contributed by atoms with Crippen molar-refractivity contribution >= 4 is 15.9 Å². The first kappa shape index (κ1) is 11.7. The van der Waals surface area contributed by atoms with E-state index >= 15 is 0 Å². The number of rotatable bonds is 3. The number of likely N-dealkylation sites (N-methyl/N-ethyl adjacent to an activating group) is 1. The third kappa shape index (κ3) is 2.56. The zero-order chi connectivity index (χ0) is 10.7. The van der Waals surface area contributed by atoms with Gasteiger partial charge in [-0.05, 0) is 44.2 Å². The molecule has 0 heterocycles. The van der Waals surface area contributed by atoms with Gasteiger partial charge in [-0.25, -0.2) is 0 Å². The van der Waals surface area contributed by atoms with Gasteiger partial charge in [0.25, 0.3) is 0 Å². The van der Waals surface area contributed by atoms with Crippen molar-refractivity contribution in [2.45, 2.75) is 25.9 Å². The smallest absolute Gasteiger partial charge is 0.0471 e. The van der Waals surface area contributed by atoms with Crippen LogP contribution in [0, 0.1) is 6.92 Å². The Morgan fingerprint density at radius 2 is 2.07 bits per heavy atom. The predicted molar refractivity (Wildman–Crippen MR) is 64.3 cm³/mol. The predicted octanol–water partition coefficient (Wildman–Crippen LogP) is 2.37. The Bertz CT molecular complexity index is 310. The van der Waals surface area contributed by atoms with E-state index in [0.717, 1.165) is 4.47 Å². The molecule has 2 atom stereocenters. The first-order chi connectivity index (χ1) is 6.56. The summed E-state index contributed by atoms with van der Waals surface area (Å²) >= 11 is 3.47. The molecule has 0 aromatic heterocycles. The lowest BCUT2D eigenvalue weighted by Crippen LogP contribution is -2.34. The molecule has 3 heteroatoms. The molecule has 0 amide bonds. The molecule has 2 unspecified atom stereocenters. The van der Waals surface area contributed by atoms with Gasteiger partial charge in [-0.3, -0.25) is 0 Å². The van der Waals surface area contributed by atoms with Gasteiger partial charge in [0.2, 0.25) is 0 Å². The Hall–Kier alpha value is -0.380. The number of benzene rings is 1. The van der Waals surface area contributed by atoms with E-state index in [0.29, 0.717) is 0 Å². The second-order valence-corrected chi connectivity index (χ2v) is 4.54. The molecular formula is C11H17BrN2. The maximum atomic E-state index is 5.92. The summed E-state index contributed by atoms with van der Waals surface area (Å²) in [6.07, 6.45) is 0. The normalized spacial score (nSPS) is 15.2. The molecule has 1 aromatic carbocycles. The molecule has 3 N–H and O–H groups in total. The van der Waals surface area contributed by atoms with Crippen LogP contribution in [0.5, 0.6) is 0 Å². The number of hydrogen-bond donors (Lipinski definition) is 2. The molecule has 0 saturated carbocycles. The van der Waals surface area contributed by atoms with Crippen molar-refractivity contribution in [1.29, 1.82) is 0 Å². The van der Waals surface area contributed by atoms with Gasteiger partial charge in [-0.15, -0.1) is 0 Å². The van der Waals surface area contributed by atoms with Crippen molar-refractivity contribution in [2.24, 2.45) is 5.73 Å². The molecule has 78 valence electrons. The summed E-state index contributed by atoms with van der Waals surface area (Å²) in [5, 5.41) is 3.24. The molecule has 0 saturated heterocycles. The number of hydrogen-bond acceptors (Lipinski definition) is 2. The van der Waals surface area contributed by atoms with Gasteiger partial charge in [0.05, 0.1) is 0 Å². The lowest BCUT2D eigenvalue weighted by atomic mass is 9.97. The van der Waals surface area contributed by atoms with E-state index in [9.17, 15) is 0 Å². The number of nitrogens with one attached hydrogen (secondary N) is 1. The number of halogens is 1. The second kappa shape index (κ2) is 4.91. The van der Waals surface area contributed by atoms with Gasteiger partial charge in [-0.1, -0.05) is 22.0 Å². The molecule has 0 bridgehead atoms. The van der Waals surface area contributed by atoms with E-state index in [1.165, 1.54) is 11.1 Å². The highest BCUT2D eigenvalue weighted by atomic mass is 79.9. The van der Waals surface area contributed by atoms with Gasteiger partial charge in [0.1, 0.15) is 0 Å². The Labute approximate surface area is 94.0 Å². The summed E-state index contributed by atoms with van der Waals surface area (Å²) in [5.74, 6) is 0. The molecule has 0 radical (unpaired) electrons.